The molecule has 0 bridgehead atoms. The maximum absolute atomic E-state index is 4.24. The summed E-state index contributed by atoms with van der Waals surface area (Å²) in [6, 6.07) is 0. The van der Waals surface area contributed by atoms with Crippen molar-refractivity contribution in [1.82, 2.24) is 15.1 Å². The molecule has 0 amide bonds. The van der Waals surface area contributed by atoms with Crippen LogP contribution in [0.5, 0.6) is 0 Å². The fourth-order valence-corrected chi connectivity index (χ4v) is 2.52. The monoisotopic (exact) mass is 256 g/mol. The van der Waals surface area contributed by atoms with E-state index in [2.05, 4.69) is 41.2 Å². The van der Waals surface area contributed by atoms with E-state index in [4.69, 9.17) is 0 Å². The van der Waals surface area contributed by atoms with E-state index in [1.54, 1.807) is 11.3 Å². The van der Waals surface area contributed by atoms with Crippen LogP contribution in [0.2, 0.25) is 0 Å². The number of hydrogen-bond acceptors (Lipinski definition) is 5. The molecule has 1 aromatic heterocycles. The summed E-state index contributed by atoms with van der Waals surface area (Å²) < 4.78 is 0. The van der Waals surface area contributed by atoms with Crippen LogP contribution in [0, 0.1) is 0 Å². The Labute approximate surface area is 108 Å². The summed E-state index contributed by atoms with van der Waals surface area (Å²) in [7, 11) is 0. The van der Waals surface area contributed by atoms with Gasteiger partial charge in [0, 0.05) is 6.54 Å². The average Bonchev–Trinajstić information content (AvgIpc) is 2.75. The smallest absolute Gasteiger partial charge is 0.205 e. The van der Waals surface area contributed by atoms with Crippen LogP contribution in [0.1, 0.15) is 45.0 Å². The van der Waals surface area contributed by atoms with Gasteiger partial charge in [-0.05, 0) is 32.4 Å². The summed E-state index contributed by atoms with van der Waals surface area (Å²) in [5.74, 6) is 0. The number of aromatic nitrogens is 2. The molecule has 4 nitrogen and oxygen atoms in total. The van der Waals surface area contributed by atoms with E-state index in [0.717, 1.165) is 42.7 Å². The van der Waals surface area contributed by atoms with E-state index < -0.39 is 0 Å². The lowest BCUT2D eigenvalue weighted by Gasteiger charge is -2.18. The van der Waals surface area contributed by atoms with Crippen LogP contribution < -0.4 is 5.32 Å². The Hall–Kier alpha value is -0.680. The maximum atomic E-state index is 4.24. The molecule has 0 aromatic carbocycles. The normalized spacial score (nSPS) is 11.1. The summed E-state index contributed by atoms with van der Waals surface area (Å²) >= 11 is 1.68. The van der Waals surface area contributed by atoms with Gasteiger partial charge in [-0.3, -0.25) is 4.90 Å². The molecule has 98 valence electrons. The van der Waals surface area contributed by atoms with Gasteiger partial charge in [-0.1, -0.05) is 32.1 Å². The minimum absolute atomic E-state index is 0.938. The first kappa shape index (κ1) is 14.4. The Balaban J connectivity index is 2.45. The standard InChI is InChI=1S/C12H24N4S/c1-4-7-13-12-15-14-11(17-12)10-16(8-5-2)9-6-3/h4-10H2,1-3H3,(H,13,15). The van der Waals surface area contributed by atoms with Crippen molar-refractivity contribution in [2.75, 3.05) is 25.0 Å². The summed E-state index contributed by atoms with van der Waals surface area (Å²) in [6.07, 6.45) is 3.51. The van der Waals surface area contributed by atoms with Crippen LogP contribution in [0.15, 0.2) is 0 Å². The first-order chi connectivity index (χ1) is 8.30. The van der Waals surface area contributed by atoms with Crippen molar-refractivity contribution in [3.63, 3.8) is 0 Å². The number of anilines is 1. The topological polar surface area (TPSA) is 41.1 Å². The highest BCUT2D eigenvalue weighted by molar-refractivity contribution is 7.15. The van der Waals surface area contributed by atoms with Crippen molar-refractivity contribution in [3.8, 4) is 0 Å². The second-order valence-electron chi connectivity index (χ2n) is 4.20. The molecule has 0 aliphatic heterocycles. The molecule has 0 unspecified atom stereocenters. The molecule has 0 saturated heterocycles. The molecule has 0 radical (unpaired) electrons. The first-order valence-electron chi connectivity index (χ1n) is 6.58. The van der Waals surface area contributed by atoms with Gasteiger partial charge in [0.15, 0.2) is 0 Å². The fraction of sp³-hybridized carbons (Fsp3) is 0.833. The highest BCUT2D eigenvalue weighted by Gasteiger charge is 2.08. The van der Waals surface area contributed by atoms with Crippen LogP contribution in [0.3, 0.4) is 0 Å². The van der Waals surface area contributed by atoms with Gasteiger partial charge < -0.3 is 5.32 Å². The van der Waals surface area contributed by atoms with E-state index >= 15 is 0 Å². The second-order valence-corrected chi connectivity index (χ2v) is 5.27. The van der Waals surface area contributed by atoms with Crippen LogP contribution >= 0.6 is 11.3 Å². The summed E-state index contributed by atoms with van der Waals surface area (Å²) in [5.41, 5.74) is 0. The number of rotatable bonds is 9. The number of hydrogen-bond donors (Lipinski definition) is 1. The first-order valence-corrected chi connectivity index (χ1v) is 7.40. The molecular formula is C12H24N4S. The number of nitrogens with zero attached hydrogens (tertiary/aromatic N) is 3. The second kappa shape index (κ2) is 8.42. The van der Waals surface area contributed by atoms with Gasteiger partial charge in [0.2, 0.25) is 5.13 Å². The van der Waals surface area contributed by atoms with Gasteiger partial charge >= 0.3 is 0 Å². The maximum Gasteiger partial charge on any atom is 0.205 e. The average molecular weight is 256 g/mol. The summed E-state index contributed by atoms with van der Waals surface area (Å²) in [6.45, 7) is 10.8. The molecule has 1 aromatic rings. The quantitative estimate of drug-likeness (QED) is 0.737. The van der Waals surface area contributed by atoms with Crippen molar-refractivity contribution < 1.29 is 0 Å². The Bertz CT molecular complexity index is 294. The van der Waals surface area contributed by atoms with Crippen LogP contribution in [-0.4, -0.2) is 34.7 Å². The van der Waals surface area contributed by atoms with E-state index in [1.807, 2.05) is 0 Å². The summed E-state index contributed by atoms with van der Waals surface area (Å²) in [5, 5.41) is 13.7. The zero-order chi connectivity index (χ0) is 12.5. The zero-order valence-electron chi connectivity index (χ0n) is 11.2. The van der Waals surface area contributed by atoms with Crippen molar-refractivity contribution in [2.45, 2.75) is 46.6 Å². The SMILES string of the molecule is CCCNc1nnc(CN(CCC)CCC)s1. The molecule has 1 heterocycles. The third-order valence-electron chi connectivity index (χ3n) is 2.43. The zero-order valence-corrected chi connectivity index (χ0v) is 12.0. The third-order valence-corrected chi connectivity index (χ3v) is 3.30. The van der Waals surface area contributed by atoms with E-state index in [1.165, 1.54) is 12.8 Å². The van der Waals surface area contributed by atoms with Gasteiger partial charge in [0.25, 0.3) is 0 Å². The van der Waals surface area contributed by atoms with Crippen LogP contribution in [0.4, 0.5) is 5.13 Å². The van der Waals surface area contributed by atoms with Crippen molar-refractivity contribution in [3.05, 3.63) is 5.01 Å². The largest absolute Gasteiger partial charge is 0.360 e. The highest BCUT2D eigenvalue weighted by Crippen LogP contribution is 2.17. The van der Waals surface area contributed by atoms with Gasteiger partial charge in [0.05, 0.1) is 6.54 Å². The van der Waals surface area contributed by atoms with Crippen molar-refractivity contribution in [2.24, 2.45) is 0 Å². The lowest BCUT2D eigenvalue weighted by Crippen LogP contribution is -2.24. The van der Waals surface area contributed by atoms with Gasteiger partial charge in [-0.25, -0.2) is 0 Å². The molecule has 0 aliphatic rings. The van der Waals surface area contributed by atoms with E-state index in [9.17, 15) is 0 Å². The molecule has 0 fully saturated rings. The van der Waals surface area contributed by atoms with E-state index in [0.29, 0.717) is 0 Å². The molecule has 0 aliphatic carbocycles. The van der Waals surface area contributed by atoms with Gasteiger partial charge in [0.1, 0.15) is 5.01 Å². The van der Waals surface area contributed by atoms with Crippen LogP contribution in [-0.2, 0) is 6.54 Å². The molecule has 0 saturated carbocycles. The highest BCUT2D eigenvalue weighted by atomic mass is 32.1. The molecule has 0 atom stereocenters. The predicted octanol–water partition coefficient (Wildman–Crippen LogP) is 2.98. The molecule has 0 spiro atoms. The summed E-state index contributed by atoms with van der Waals surface area (Å²) in [4.78, 5) is 2.45. The minimum atomic E-state index is 0.938. The molecule has 1 N–H and O–H groups in total. The van der Waals surface area contributed by atoms with Crippen molar-refractivity contribution >= 4 is 16.5 Å². The molecule has 1 rings (SSSR count). The van der Waals surface area contributed by atoms with Crippen LogP contribution in [0.25, 0.3) is 0 Å². The molecule has 5 heteroatoms. The lowest BCUT2D eigenvalue weighted by atomic mass is 10.3. The van der Waals surface area contributed by atoms with Gasteiger partial charge in [-0.15, -0.1) is 10.2 Å². The molecular weight excluding hydrogens is 232 g/mol. The van der Waals surface area contributed by atoms with Gasteiger partial charge in [-0.2, -0.15) is 0 Å². The number of nitrogens with one attached hydrogen (secondary N) is 1. The molecule has 17 heavy (non-hydrogen) atoms. The van der Waals surface area contributed by atoms with Crippen molar-refractivity contribution in [1.29, 1.82) is 0 Å². The Kier molecular flexibility index (Phi) is 7.12. The third kappa shape index (κ3) is 5.46. The van der Waals surface area contributed by atoms with E-state index in [-0.39, 0.29) is 0 Å². The minimum Gasteiger partial charge on any atom is -0.360 e. The Morgan fingerprint density at radius 3 is 2.35 bits per heavy atom. The lowest BCUT2D eigenvalue weighted by molar-refractivity contribution is 0.265. The Morgan fingerprint density at radius 1 is 1.06 bits per heavy atom. The Morgan fingerprint density at radius 2 is 1.76 bits per heavy atom. The predicted molar refractivity (Wildman–Crippen MR) is 74.5 cm³/mol. The fourth-order valence-electron chi connectivity index (χ4n) is 1.71.